The van der Waals surface area contributed by atoms with Crippen LogP contribution in [0.15, 0.2) is 17.1 Å². The van der Waals surface area contributed by atoms with Crippen LogP contribution < -0.4 is 0 Å². The van der Waals surface area contributed by atoms with Crippen LogP contribution in [0.3, 0.4) is 0 Å². The van der Waals surface area contributed by atoms with E-state index < -0.39 is 11.6 Å². The number of rotatable bonds is 3. The third-order valence-corrected chi connectivity index (χ3v) is 2.78. The van der Waals surface area contributed by atoms with Crippen molar-refractivity contribution in [3.8, 4) is 6.07 Å². The molecule has 0 bridgehead atoms. The van der Waals surface area contributed by atoms with E-state index in [4.69, 9.17) is 10.00 Å². The second kappa shape index (κ2) is 4.54. The first-order valence-electron chi connectivity index (χ1n) is 4.09. The molecule has 0 amide bonds. The summed E-state index contributed by atoms with van der Waals surface area (Å²) in [5, 5.41) is 9.47. The van der Waals surface area contributed by atoms with E-state index in [1.807, 2.05) is 19.1 Å². The van der Waals surface area contributed by atoms with Gasteiger partial charge in [0.25, 0.3) is 0 Å². The van der Waals surface area contributed by atoms with Crippen molar-refractivity contribution in [1.29, 1.82) is 5.26 Å². The fourth-order valence-corrected chi connectivity index (χ4v) is 1.91. The number of nitriles is 1. The Morgan fingerprint density at radius 2 is 2.54 bits per heavy atom. The monoisotopic (exact) mass is 242 g/mol. The van der Waals surface area contributed by atoms with Crippen LogP contribution in [0.5, 0.6) is 0 Å². The maximum Gasteiger partial charge on any atom is 0.169 e. The topological polar surface area (TPSA) is 45.4 Å². The number of ether oxygens (including phenoxy) is 1. The minimum Gasteiger partial charge on any atom is -0.367 e. The summed E-state index contributed by atoms with van der Waals surface area (Å²) in [6, 6.07) is 1.68. The van der Waals surface area contributed by atoms with Gasteiger partial charge in [-0.25, -0.2) is 0 Å². The Morgan fingerprint density at radius 1 is 1.77 bits per heavy atom. The molecule has 1 rings (SSSR count). The molecule has 13 heavy (non-hydrogen) atoms. The minimum absolute atomic E-state index is 0.447. The molecule has 0 saturated carbocycles. The van der Waals surface area contributed by atoms with Crippen LogP contribution in [-0.4, -0.2) is 29.8 Å². The molecule has 1 aliphatic rings. The summed E-state index contributed by atoms with van der Waals surface area (Å²) in [7, 11) is 0. The third kappa shape index (κ3) is 1.98. The maximum absolute atomic E-state index is 8.89. The Labute approximate surface area is 86.2 Å². The van der Waals surface area contributed by atoms with Gasteiger partial charge in [-0.05, 0) is 19.1 Å². The number of allylic oxidation sites excluding steroid dienone is 1. The van der Waals surface area contributed by atoms with E-state index in [2.05, 4.69) is 27.0 Å². The van der Waals surface area contributed by atoms with Gasteiger partial charge in [0.05, 0.1) is 6.07 Å². The molecule has 2 atom stereocenters. The molecule has 70 valence electrons. The molecule has 1 heterocycles. The molecule has 2 unspecified atom stereocenters. The van der Waals surface area contributed by atoms with E-state index in [0.29, 0.717) is 11.9 Å². The molecule has 0 aliphatic carbocycles. The fourth-order valence-electron chi connectivity index (χ4n) is 1.25. The van der Waals surface area contributed by atoms with Crippen molar-refractivity contribution in [2.75, 3.05) is 11.9 Å². The summed E-state index contributed by atoms with van der Waals surface area (Å²) in [5.74, 6) is 0. The molecule has 0 spiro atoms. The van der Waals surface area contributed by atoms with E-state index in [9.17, 15) is 0 Å². The van der Waals surface area contributed by atoms with Crippen LogP contribution in [0.1, 0.15) is 6.92 Å². The molecule has 0 aromatic heterocycles. The van der Waals surface area contributed by atoms with Crippen molar-refractivity contribution in [1.82, 2.24) is 0 Å². The molecule has 0 N–H and O–H groups in total. The first-order chi connectivity index (χ1) is 6.29. The van der Waals surface area contributed by atoms with Gasteiger partial charge in [-0.15, -0.1) is 0 Å². The van der Waals surface area contributed by atoms with Crippen molar-refractivity contribution in [3.63, 3.8) is 0 Å². The first-order valence-corrected chi connectivity index (χ1v) is 5.21. The highest BCUT2D eigenvalue weighted by Gasteiger charge is 2.37. The summed E-state index contributed by atoms with van der Waals surface area (Å²) in [6.45, 7) is 2.48. The van der Waals surface area contributed by atoms with Crippen LogP contribution in [-0.2, 0) is 4.74 Å². The predicted octanol–water partition coefficient (Wildman–Crippen LogP) is 1.69. The fraction of sp³-hybridized carbons (Fsp3) is 0.556. The van der Waals surface area contributed by atoms with E-state index in [1.165, 1.54) is 0 Å². The average Bonchev–Trinajstić information content (AvgIpc) is 2.19. The first kappa shape index (κ1) is 10.4. The SMILES string of the molecule is CCOC1(CBr)C=CC=NC1C#N. The molecular formula is C9H11BrN2O. The second-order valence-electron chi connectivity index (χ2n) is 2.71. The van der Waals surface area contributed by atoms with Gasteiger partial charge in [0.15, 0.2) is 6.04 Å². The number of dihydropyridines is 1. The number of alkyl halides is 1. The number of hydrogen-bond acceptors (Lipinski definition) is 3. The van der Waals surface area contributed by atoms with Gasteiger partial charge in [0.1, 0.15) is 5.60 Å². The quantitative estimate of drug-likeness (QED) is 0.708. The van der Waals surface area contributed by atoms with Crippen molar-refractivity contribution < 1.29 is 4.74 Å². The molecule has 0 saturated heterocycles. The molecule has 3 nitrogen and oxygen atoms in total. The Balaban J connectivity index is 2.89. The van der Waals surface area contributed by atoms with E-state index in [-0.39, 0.29) is 0 Å². The number of halogens is 1. The Bertz CT molecular complexity index is 269. The summed E-state index contributed by atoms with van der Waals surface area (Å²) >= 11 is 3.35. The number of aliphatic imine (C=N–C) groups is 1. The van der Waals surface area contributed by atoms with Crippen LogP contribution in [0, 0.1) is 11.3 Å². The average molecular weight is 243 g/mol. The lowest BCUT2D eigenvalue weighted by Gasteiger charge is -2.31. The standard InChI is InChI=1S/C9H11BrN2O/c1-2-13-9(7-10)4-3-5-12-8(9)6-11/h3-5,8H,2,7H2,1H3. The van der Waals surface area contributed by atoms with Gasteiger partial charge in [-0.3, -0.25) is 4.99 Å². The largest absolute Gasteiger partial charge is 0.367 e. The van der Waals surface area contributed by atoms with Gasteiger partial charge in [0.2, 0.25) is 0 Å². The molecule has 4 heteroatoms. The zero-order valence-corrected chi connectivity index (χ0v) is 8.99. The third-order valence-electron chi connectivity index (χ3n) is 1.91. The van der Waals surface area contributed by atoms with Gasteiger partial charge in [-0.2, -0.15) is 5.26 Å². The summed E-state index contributed by atoms with van der Waals surface area (Å²) in [5.41, 5.74) is -0.585. The van der Waals surface area contributed by atoms with Gasteiger partial charge < -0.3 is 4.74 Å². The Hall–Kier alpha value is -0.660. The number of nitrogens with zero attached hydrogens (tertiary/aromatic N) is 2. The van der Waals surface area contributed by atoms with Crippen LogP contribution in [0.2, 0.25) is 0 Å². The molecule has 0 radical (unpaired) electrons. The Kier molecular flexibility index (Phi) is 3.64. The van der Waals surface area contributed by atoms with Gasteiger partial charge in [0, 0.05) is 18.2 Å². The lowest BCUT2D eigenvalue weighted by molar-refractivity contribution is 0.0110. The van der Waals surface area contributed by atoms with E-state index >= 15 is 0 Å². The highest BCUT2D eigenvalue weighted by Crippen LogP contribution is 2.25. The summed E-state index contributed by atoms with van der Waals surface area (Å²) in [6.07, 6.45) is 5.32. The molecular weight excluding hydrogens is 232 g/mol. The molecule has 0 fully saturated rings. The number of hydrogen-bond donors (Lipinski definition) is 0. The van der Waals surface area contributed by atoms with Gasteiger partial charge >= 0.3 is 0 Å². The van der Waals surface area contributed by atoms with Crippen molar-refractivity contribution in [2.24, 2.45) is 4.99 Å². The lowest BCUT2D eigenvalue weighted by Crippen LogP contribution is -2.44. The Morgan fingerprint density at radius 3 is 3.08 bits per heavy atom. The smallest absolute Gasteiger partial charge is 0.169 e. The molecule has 1 aliphatic heterocycles. The van der Waals surface area contributed by atoms with Crippen molar-refractivity contribution in [2.45, 2.75) is 18.6 Å². The predicted molar refractivity (Wildman–Crippen MR) is 55.2 cm³/mol. The van der Waals surface area contributed by atoms with E-state index in [1.54, 1.807) is 6.21 Å². The summed E-state index contributed by atoms with van der Waals surface area (Å²) < 4.78 is 5.55. The van der Waals surface area contributed by atoms with Crippen LogP contribution in [0.4, 0.5) is 0 Å². The zero-order chi connectivity index (χ0) is 9.73. The summed E-state index contributed by atoms with van der Waals surface area (Å²) in [4.78, 5) is 4.06. The lowest BCUT2D eigenvalue weighted by atomic mass is 9.95. The van der Waals surface area contributed by atoms with E-state index in [0.717, 1.165) is 0 Å². The normalized spacial score (nSPS) is 31.6. The minimum atomic E-state index is -0.585. The van der Waals surface area contributed by atoms with Crippen LogP contribution in [0.25, 0.3) is 0 Å². The van der Waals surface area contributed by atoms with Gasteiger partial charge in [-0.1, -0.05) is 15.9 Å². The highest BCUT2D eigenvalue weighted by molar-refractivity contribution is 9.09. The molecule has 0 aromatic rings. The van der Waals surface area contributed by atoms with Crippen molar-refractivity contribution >= 4 is 22.1 Å². The highest BCUT2D eigenvalue weighted by atomic mass is 79.9. The molecule has 0 aromatic carbocycles. The zero-order valence-electron chi connectivity index (χ0n) is 7.40. The maximum atomic E-state index is 8.89. The second-order valence-corrected chi connectivity index (χ2v) is 3.27. The van der Waals surface area contributed by atoms with Crippen molar-refractivity contribution in [3.05, 3.63) is 12.2 Å². The van der Waals surface area contributed by atoms with Crippen LogP contribution >= 0.6 is 15.9 Å².